The Morgan fingerprint density at radius 1 is 1.47 bits per heavy atom. The van der Waals surface area contributed by atoms with Gasteiger partial charge in [-0.3, -0.25) is 0 Å². The third-order valence-electron chi connectivity index (χ3n) is 3.70. The Hall–Kier alpha value is -1.39. The van der Waals surface area contributed by atoms with Crippen LogP contribution in [-0.2, 0) is 19.4 Å². The molecular weight excluding hydrogens is 256 g/mol. The molecule has 19 heavy (non-hydrogen) atoms. The Balaban J connectivity index is 1.68. The van der Waals surface area contributed by atoms with Gasteiger partial charge in [-0.1, -0.05) is 19.1 Å². The molecule has 0 saturated heterocycles. The van der Waals surface area contributed by atoms with Gasteiger partial charge in [-0.25, -0.2) is 4.98 Å². The van der Waals surface area contributed by atoms with E-state index >= 15 is 0 Å². The first-order chi connectivity index (χ1) is 9.28. The second-order valence-corrected chi connectivity index (χ2v) is 6.09. The number of hydrogen-bond acceptors (Lipinski definition) is 4. The molecule has 1 aromatic carbocycles. The molecule has 100 valence electrons. The topological polar surface area (TPSA) is 45.2 Å². The standard InChI is InChI=1S/C15H18N2OS/c1-2-10-8-17-15(19-10)9-16-13-7-6-12-11(13)4-3-5-14(12)18/h3-5,8,13,16,18H,2,6-7,9H2,1H3. The summed E-state index contributed by atoms with van der Waals surface area (Å²) in [5.74, 6) is 0.435. The van der Waals surface area contributed by atoms with Gasteiger partial charge in [0.15, 0.2) is 0 Å². The van der Waals surface area contributed by atoms with Crippen molar-refractivity contribution in [2.24, 2.45) is 0 Å². The Labute approximate surface area is 117 Å². The number of phenols is 1. The minimum atomic E-state index is 0.344. The number of nitrogens with one attached hydrogen (secondary N) is 1. The van der Waals surface area contributed by atoms with Crippen molar-refractivity contribution >= 4 is 11.3 Å². The van der Waals surface area contributed by atoms with Crippen molar-refractivity contribution in [3.63, 3.8) is 0 Å². The second-order valence-electron chi connectivity index (χ2n) is 4.89. The minimum Gasteiger partial charge on any atom is -0.508 e. The van der Waals surface area contributed by atoms with Crippen molar-refractivity contribution in [2.75, 3.05) is 0 Å². The first kappa shape index (κ1) is 12.6. The smallest absolute Gasteiger partial charge is 0.119 e. The van der Waals surface area contributed by atoms with Crippen LogP contribution in [0.4, 0.5) is 0 Å². The highest BCUT2D eigenvalue weighted by Gasteiger charge is 2.24. The summed E-state index contributed by atoms with van der Waals surface area (Å²) in [4.78, 5) is 5.76. The van der Waals surface area contributed by atoms with E-state index < -0.39 is 0 Å². The van der Waals surface area contributed by atoms with Crippen LogP contribution in [0.2, 0.25) is 0 Å². The van der Waals surface area contributed by atoms with E-state index in [0.717, 1.165) is 36.4 Å². The summed E-state index contributed by atoms with van der Waals surface area (Å²) in [6, 6.07) is 6.15. The molecular formula is C15H18N2OS. The molecule has 1 aliphatic carbocycles. The summed E-state index contributed by atoms with van der Waals surface area (Å²) < 4.78 is 0. The van der Waals surface area contributed by atoms with Gasteiger partial charge in [0, 0.05) is 23.7 Å². The van der Waals surface area contributed by atoms with Crippen LogP contribution >= 0.6 is 11.3 Å². The maximum atomic E-state index is 9.83. The molecule has 0 spiro atoms. The average molecular weight is 274 g/mol. The SMILES string of the molecule is CCc1cnc(CNC2CCc3c(O)cccc32)s1. The molecule has 0 bridgehead atoms. The van der Waals surface area contributed by atoms with Crippen LogP contribution in [0.5, 0.6) is 5.75 Å². The predicted octanol–water partition coefficient (Wildman–Crippen LogP) is 3.19. The Kier molecular flexibility index (Phi) is 3.53. The number of phenolic OH excluding ortho intramolecular Hbond substituents is 1. The van der Waals surface area contributed by atoms with E-state index in [1.54, 1.807) is 17.4 Å². The number of nitrogens with zero attached hydrogens (tertiary/aromatic N) is 1. The zero-order valence-corrected chi connectivity index (χ0v) is 11.8. The zero-order valence-electron chi connectivity index (χ0n) is 11.0. The molecule has 0 aliphatic heterocycles. The van der Waals surface area contributed by atoms with Crippen LogP contribution < -0.4 is 5.32 Å². The highest BCUT2D eigenvalue weighted by Crippen LogP contribution is 2.36. The minimum absolute atomic E-state index is 0.344. The van der Waals surface area contributed by atoms with E-state index in [-0.39, 0.29) is 0 Å². The van der Waals surface area contributed by atoms with E-state index in [9.17, 15) is 5.11 Å². The maximum absolute atomic E-state index is 9.83. The van der Waals surface area contributed by atoms with Crippen LogP contribution in [-0.4, -0.2) is 10.1 Å². The summed E-state index contributed by atoms with van der Waals surface area (Å²) in [5.41, 5.74) is 2.35. The maximum Gasteiger partial charge on any atom is 0.119 e. The summed E-state index contributed by atoms with van der Waals surface area (Å²) in [6.07, 6.45) is 5.03. The second kappa shape index (κ2) is 5.31. The van der Waals surface area contributed by atoms with Crippen LogP contribution in [0, 0.1) is 0 Å². The van der Waals surface area contributed by atoms with Gasteiger partial charge in [0.2, 0.25) is 0 Å². The van der Waals surface area contributed by atoms with Crippen molar-refractivity contribution in [1.82, 2.24) is 10.3 Å². The van der Waals surface area contributed by atoms with Crippen molar-refractivity contribution < 1.29 is 5.11 Å². The fraction of sp³-hybridized carbons (Fsp3) is 0.400. The van der Waals surface area contributed by atoms with Gasteiger partial charge in [-0.2, -0.15) is 0 Å². The number of thiazole rings is 1. The summed E-state index contributed by atoms with van der Waals surface area (Å²) in [6.45, 7) is 2.96. The molecule has 1 atom stereocenters. The number of aromatic nitrogens is 1. The normalized spacial score (nSPS) is 17.6. The van der Waals surface area contributed by atoms with Crippen molar-refractivity contribution in [1.29, 1.82) is 0 Å². The molecule has 1 unspecified atom stereocenters. The molecule has 0 fully saturated rings. The lowest BCUT2D eigenvalue weighted by molar-refractivity contribution is 0.469. The molecule has 3 nitrogen and oxygen atoms in total. The quantitative estimate of drug-likeness (QED) is 0.900. The molecule has 0 amide bonds. The van der Waals surface area contributed by atoms with Gasteiger partial charge >= 0.3 is 0 Å². The third kappa shape index (κ3) is 2.51. The average Bonchev–Trinajstić information content (AvgIpc) is 3.03. The fourth-order valence-corrected chi connectivity index (χ4v) is 3.46. The monoisotopic (exact) mass is 274 g/mol. The lowest BCUT2D eigenvalue weighted by atomic mass is 10.1. The number of benzene rings is 1. The van der Waals surface area contributed by atoms with E-state index in [1.807, 2.05) is 12.3 Å². The van der Waals surface area contributed by atoms with Gasteiger partial charge in [0.1, 0.15) is 10.8 Å². The Morgan fingerprint density at radius 3 is 3.16 bits per heavy atom. The van der Waals surface area contributed by atoms with Crippen LogP contribution in [0.15, 0.2) is 24.4 Å². The predicted molar refractivity (Wildman–Crippen MR) is 77.5 cm³/mol. The van der Waals surface area contributed by atoms with Gasteiger partial charge in [-0.05, 0) is 36.5 Å². The molecule has 2 aromatic rings. The summed E-state index contributed by atoms with van der Waals surface area (Å²) >= 11 is 1.78. The Bertz CT molecular complexity index is 579. The van der Waals surface area contributed by atoms with Crippen molar-refractivity contribution in [3.05, 3.63) is 45.4 Å². The number of aryl methyl sites for hydroxylation is 1. The molecule has 2 N–H and O–H groups in total. The third-order valence-corrected chi connectivity index (χ3v) is 4.84. The van der Waals surface area contributed by atoms with Crippen molar-refractivity contribution in [3.8, 4) is 5.75 Å². The number of hydrogen-bond donors (Lipinski definition) is 2. The molecule has 0 radical (unpaired) electrons. The highest BCUT2D eigenvalue weighted by molar-refractivity contribution is 7.11. The van der Waals surface area contributed by atoms with E-state index in [4.69, 9.17) is 0 Å². The number of aromatic hydroxyl groups is 1. The molecule has 1 aromatic heterocycles. The number of fused-ring (bicyclic) bond motifs is 1. The first-order valence-corrected chi connectivity index (χ1v) is 7.57. The molecule has 3 rings (SSSR count). The van der Waals surface area contributed by atoms with Crippen molar-refractivity contribution in [2.45, 2.75) is 38.8 Å². The van der Waals surface area contributed by atoms with Crippen LogP contribution in [0.3, 0.4) is 0 Å². The van der Waals surface area contributed by atoms with Crippen LogP contribution in [0.25, 0.3) is 0 Å². The van der Waals surface area contributed by atoms with Gasteiger partial charge in [0.25, 0.3) is 0 Å². The largest absolute Gasteiger partial charge is 0.508 e. The van der Waals surface area contributed by atoms with Gasteiger partial charge in [-0.15, -0.1) is 11.3 Å². The van der Waals surface area contributed by atoms with Gasteiger partial charge < -0.3 is 10.4 Å². The molecule has 4 heteroatoms. The zero-order chi connectivity index (χ0) is 13.2. The summed E-state index contributed by atoms with van der Waals surface area (Å²) in [7, 11) is 0. The lowest BCUT2D eigenvalue weighted by Gasteiger charge is -2.13. The molecule has 0 saturated carbocycles. The molecule has 1 heterocycles. The lowest BCUT2D eigenvalue weighted by Crippen LogP contribution is -2.18. The van der Waals surface area contributed by atoms with E-state index in [0.29, 0.717) is 11.8 Å². The first-order valence-electron chi connectivity index (χ1n) is 6.75. The van der Waals surface area contributed by atoms with Crippen LogP contribution in [0.1, 0.15) is 40.4 Å². The summed E-state index contributed by atoms with van der Waals surface area (Å²) in [5, 5.41) is 14.5. The highest BCUT2D eigenvalue weighted by atomic mass is 32.1. The van der Waals surface area contributed by atoms with E-state index in [2.05, 4.69) is 23.3 Å². The fourth-order valence-electron chi connectivity index (χ4n) is 2.65. The number of rotatable bonds is 4. The van der Waals surface area contributed by atoms with Gasteiger partial charge in [0.05, 0.1) is 0 Å². The Morgan fingerprint density at radius 2 is 2.37 bits per heavy atom. The molecule has 1 aliphatic rings. The van der Waals surface area contributed by atoms with E-state index in [1.165, 1.54) is 10.4 Å².